The molecule has 0 aliphatic heterocycles. The Morgan fingerprint density at radius 1 is 1.30 bits per heavy atom. The molecule has 1 saturated carbocycles. The Hall–Kier alpha value is -1.79. The average molecular weight is 286 g/mol. The molecule has 0 saturated heterocycles. The average Bonchev–Trinajstić information content (AvgIpc) is 2.25. The van der Waals surface area contributed by atoms with Gasteiger partial charge in [-0.3, -0.25) is 4.79 Å². The minimum Gasteiger partial charge on any atom is -0.481 e. The summed E-state index contributed by atoms with van der Waals surface area (Å²) in [6, 6.07) is -2.04. The van der Waals surface area contributed by atoms with Crippen LogP contribution in [0.15, 0.2) is 0 Å². The number of carboxylic acids is 2. The summed E-state index contributed by atoms with van der Waals surface area (Å²) in [7, 11) is 0. The molecular formula is C13H22N2O5. The van der Waals surface area contributed by atoms with E-state index in [0.29, 0.717) is 0 Å². The molecule has 20 heavy (non-hydrogen) atoms. The second kappa shape index (κ2) is 6.58. The molecule has 4 N–H and O–H groups in total. The molecule has 114 valence electrons. The number of rotatable bonds is 5. The molecule has 2 amide bonds. The highest BCUT2D eigenvalue weighted by Gasteiger charge is 2.30. The zero-order valence-corrected chi connectivity index (χ0v) is 11.8. The fourth-order valence-electron chi connectivity index (χ4n) is 2.58. The fraction of sp³-hybridized carbons (Fsp3) is 0.769. The third-order valence-corrected chi connectivity index (χ3v) is 3.52. The maximum atomic E-state index is 11.7. The van der Waals surface area contributed by atoms with E-state index in [9.17, 15) is 14.4 Å². The van der Waals surface area contributed by atoms with Gasteiger partial charge in [-0.05, 0) is 24.7 Å². The fourth-order valence-corrected chi connectivity index (χ4v) is 2.58. The Kier molecular flexibility index (Phi) is 5.35. The number of carbonyl (C=O) groups excluding carboxylic acids is 1. The van der Waals surface area contributed by atoms with E-state index >= 15 is 0 Å². The van der Waals surface area contributed by atoms with Crippen LogP contribution >= 0.6 is 0 Å². The van der Waals surface area contributed by atoms with Crippen LogP contribution in [-0.2, 0) is 9.59 Å². The molecule has 1 aliphatic carbocycles. The first-order valence-electron chi connectivity index (χ1n) is 6.71. The monoisotopic (exact) mass is 286 g/mol. The van der Waals surface area contributed by atoms with E-state index in [1.807, 2.05) is 0 Å². The van der Waals surface area contributed by atoms with Gasteiger partial charge in [0.05, 0.1) is 6.42 Å². The summed E-state index contributed by atoms with van der Waals surface area (Å²) in [4.78, 5) is 33.1. The molecule has 1 aliphatic rings. The lowest BCUT2D eigenvalue weighted by molar-refractivity contribution is -0.145. The van der Waals surface area contributed by atoms with Crippen molar-refractivity contribution in [3.05, 3.63) is 0 Å². The third-order valence-electron chi connectivity index (χ3n) is 3.52. The lowest BCUT2D eigenvalue weighted by atomic mass is 9.75. The zero-order valence-electron chi connectivity index (χ0n) is 11.8. The standard InChI is InChI=1S/C13H22N2O5/c1-13(2)5-3-4-8(7-13)14-12(20)15-9(11(18)19)6-10(16)17/h8-9H,3-7H2,1-2H3,(H,16,17)(H,18,19)(H2,14,15,20)/t8?,9-/m1/s1. The van der Waals surface area contributed by atoms with Crippen LogP contribution in [0, 0.1) is 5.41 Å². The SMILES string of the molecule is CC1(C)CCCC(NC(=O)N[C@H](CC(=O)O)C(=O)O)C1. The minimum absolute atomic E-state index is 0.00183. The van der Waals surface area contributed by atoms with Crippen molar-refractivity contribution < 1.29 is 24.6 Å². The summed E-state index contributed by atoms with van der Waals surface area (Å²) in [6.07, 6.45) is 3.16. The van der Waals surface area contributed by atoms with Crippen LogP contribution in [0.4, 0.5) is 4.79 Å². The van der Waals surface area contributed by atoms with Crippen molar-refractivity contribution in [3.63, 3.8) is 0 Å². The van der Waals surface area contributed by atoms with Gasteiger partial charge in [0.2, 0.25) is 0 Å². The molecule has 0 bridgehead atoms. The molecule has 7 heteroatoms. The van der Waals surface area contributed by atoms with Crippen molar-refractivity contribution in [2.75, 3.05) is 0 Å². The molecule has 0 aromatic heterocycles. The Bertz CT molecular complexity index is 394. The molecular weight excluding hydrogens is 264 g/mol. The van der Waals surface area contributed by atoms with Gasteiger partial charge in [-0.1, -0.05) is 20.3 Å². The molecule has 1 rings (SSSR count). The summed E-state index contributed by atoms with van der Waals surface area (Å²) in [5.41, 5.74) is 0.156. The second-order valence-electron chi connectivity index (χ2n) is 6.06. The van der Waals surface area contributed by atoms with Crippen LogP contribution in [0.25, 0.3) is 0 Å². The first-order chi connectivity index (χ1) is 9.19. The first kappa shape index (κ1) is 16.3. The summed E-state index contributed by atoms with van der Waals surface area (Å²) >= 11 is 0. The van der Waals surface area contributed by atoms with Gasteiger partial charge in [0.25, 0.3) is 0 Å². The Morgan fingerprint density at radius 3 is 2.45 bits per heavy atom. The number of hydrogen-bond acceptors (Lipinski definition) is 3. The van der Waals surface area contributed by atoms with Crippen LogP contribution in [0.1, 0.15) is 46.0 Å². The number of amides is 2. The number of carbonyl (C=O) groups is 3. The molecule has 0 heterocycles. The molecule has 1 unspecified atom stereocenters. The van der Waals surface area contributed by atoms with Crippen molar-refractivity contribution >= 4 is 18.0 Å². The largest absolute Gasteiger partial charge is 0.481 e. The molecule has 2 atom stereocenters. The van der Waals surface area contributed by atoms with E-state index in [2.05, 4.69) is 24.5 Å². The predicted molar refractivity (Wildman–Crippen MR) is 71.4 cm³/mol. The van der Waals surface area contributed by atoms with Crippen LogP contribution in [0.5, 0.6) is 0 Å². The van der Waals surface area contributed by atoms with Gasteiger partial charge >= 0.3 is 18.0 Å². The summed E-state index contributed by atoms with van der Waals surface area (Å²) in [5.74, 6) is -2.62. The molecule has 0 radical (unpaired) electrons. The zero-order chi connectivity index (χ0) is 15.3. The highest BCUT2D eigenvalue weighted by molar-refractivity contribution is 5.86. The van der Waals surface area contributed by atoms with E-state index in [1.165, 1.54) is 0 Å². The van der Waals surface area contributed by atoms with Crippen molar-refractivity contribution in [2.45, 2.75) is 58.0 Å². The van der Waals surface area contributed by atoms with Crippen LogP contribution in [0.2, 0.25) is 0 Å². The number of nitrogens with one attached hydrogen (secondary N) is 2. The quantitative estimate of drug-likeness (QED) is 0.605. The lowest BCUT2D eigenvalue weighted by Crippen LogP contribution is -2.51. The van der Waals surface area contributed by atoms with Gasteiger partial charge in [0.1, 0.15) is 6.04 Å². The topological polar surface area (TPSA) is 116 Å². The van der Waals surface area contributed by atoms with Crippen molar-refractivity contribution in [1.82, 2.24) is 10.6 Å². The second-order valence-corrected chi connectivity index (χ2v) is 6.06. The molecule has 7 nitrogen and oxygen atoms in total. The maximum absolute atomic E-state index is 11.7. The molecule has 0 spiro atoms. The number of carboxylic acid groups (broad SMARTS) is 2. The smallest absolute Gasteiger partial charge is 0.326 e. The number of aliphatic carboxylic acids is 2. The van der Waals surface area contributed by atoms with E-state index in [0.717, 1.165) is 25.7 Å². The Balaban J connectivity index is 2.49. The highest BCUT2D eigenvalue weighted by atomic mass is 16.4. The van der Waals surface area contributed by atoms with Gasteiger partial charge < -0.3 is 20.8 Å². The molecule has 0 aromatic carbocycles. The third kappa shape index (κ3) is 5.46. The van der Waals surface area contributed by atoms with E-state index in [-0.39, 0.29) is 11.5 Å². The van der Waals surface area contributed by atoms with Crippen molar-refractivity contribution in [2.24, 2.45) is 5.41 Å². The molecule has 0 aromatic rings. The van der Waals surface area contributed by atoms with Crippen molar-refractivity contribution in [1.29, 1.82) is 0 Å². The van der Waals surface area contributed by atoms with Gasteiger partial charge in [-0.25, -0.2) is 9.59 Å². The van der Waals surface area contributed by atoms with Gasteiger partial charge in [-0.15, -0.1) is 0 Å². The van der Waals surface area contributed by atoms with Gasteiger partial charge in [-0.2, -0.15) is 0 Å². The van der Waals surface area contributed by atoms with E-state index < -0.39 is 30.4 Å². The molecule has 1 fully saturated rings. The van der Waals surface area contributed by atoms with Gasteiger partial charge in [0, 0.05) is 6.04 Å². The number of urea groups is 1. The first-order valence-corrected chi connectivity index (χ1v) is 6.71. The summed E-state index contributed by atoms with van der Waals surface area (Å²) in [5, 5.41) is 22.4. The number of hydrogen-bond donors (Lipinski definition) is 4. The van der Waals surface area contributed by atoms with Crippen molar-refractivity contribution in [3.8, 4) is 0 Å². The van der Waals surface area contributed by atoms with E-state index in [1.54, 1.807) is 0 Å². The lowest BCUT2D eigenvalue weighted by Gasteiger charge is -2.35. The highest BCUT2D eigenvalue weighted by Crippen LogP contribution is 2.34. The summed E-state index contributed by atoms with van der Waals surface area (Å²) < 4.78 is 0. The predicted octanol–water partition coefficient (Wildman–Crippen LogP) is 1.18. The summed E-state index contributed by atoms with van der Waals surface area (Å²) in [6.45, 7) is 4.26. The Labute approximate surface area is 117 Å². The van der Waals surface area contributed by atoms with Crippen LogP contribution < -0.4 is 10.6 Å². The maximum Gasteiger partial charge on any atom is 0.326 e. The minimum atomic E-state index is -1.41. The van der Waals surface area contributed by atoms with Gasteiger partial charge in [0.15, 0.2) is 0 Å². The van der Waals surface area contributed by atoms with Crippen LogP contribution in [-0.4, -0.2) is 40.3 Å². The van der Waals surface area contributed by atoms with E-state index in [4.69, 9.17) is 10.2 Å². The normalized spacial score (nSPS) is 22.6. The van der Waals surface area contributed by atoms with Crippen LogP contribution in [0.3, 0.4) is 0 Å². The Morgan fingerprint density at radius 2 is 1.95 bits per heavy atom.